The first-order chi connectivity index (χ1) is 11.6. The van der Waals surface area contributed by atoms with Gasteiger partial charge >= 0.3 is 0 Å². The number of Topliss-reactive ketones (excluding diaryl/α,β-unsaturated/α-hetero) is 1. The number of hydrogen-bond acceptors (Lipinski definition) is 2. The molecule has 1 unspecified atom stereocenters. The summed E-state index contributed by atoms with van der Waals surface area (Å²) in [5.41, 5.74) is 1.87. The number of nitrogens with one attached hydrogen (secondary N) is 1. The van der Waals surface area contributed by atoms with E-state index in [0.717, 1.165) is 17.8 Å². The van der Waals surface area contributed by atoms with Crippen molar-refractivity contribution in [3.63, 3.8) is 0 Å². The van der Waals surface area contributed by atoms with Crippen molar-refractivity contribution >= 4 is 27.4 Å². The fraction of sp³-hybridized carbons (Fsp3) is 0.667. The van der Waals surface area contributed by atoms with Crippen molar-refractivity contribution in [1.82, 2.24) is 0 Å². The van der Waals surface area contributed by atoms with Gasteiger partial charge in [0.2, 0.25) is 0 Å². The van der Waals surface area contributed by atoms with Crippen LogP contribution in [0.4, 0.5) is 5.69 Å². The molecule has 24 heavy (non-hydrogen) atoms. The minimum Gasteiger partial charge on any atom is -0.385 e. The molecular weight excluding hydrogens is 362 g/mol. The summed E-state index contributed by atoms with van der Waals surface area (Å²) < 4.78 is 0. The fourth-order valence-corrected chi connectivity index (χ4v) is 3.09. The first kappa shape index (κ1) is 21.2. The van der Waals surface area contributed by atoms with Crippen LogP contribution in [0.1, 0.15) is 88.4 Å². The second-order valence-electron chi connectivity index (χ2n) is 6.67. The third kappa shape index (κ3) is 9.46. The van der Waals surface area contributed by atoms with E-state index in [-0.39, 0.29) is 10.6 Å². The number of carbonyl (C=O) groups is 1. The van der Waals surface area contributed by atoms with Crippen molar-refractivity contribution in [1.29, 1.82) is 0 Å². The zero-order chi connectivity index (χ0) is 17.6. The Balaban J connectivity index is 2.02. The summed E-state index contributed by atoms with van der Waals surface area (Å²) in [5, 5.41) is 3.44. The summed E-state index contributed by atoms with van der Waals surface area (Å²) in [5.74, 6) is 0.135. The summed E-state index contributed by atoms with van der Waals surface area (Å²) in [6, 6.07) is 7.81. The van der Waals surface area contributed by atoms with Gasteiger partial charge in [-0.1, -0.05) is 80.6 Å². The van der Waals surface area contributed by atoms with Crippen LogP contribution in [0.5, 0.6) is 0 Å². The van der Waals surface area contributed by atoms with Crippen LogP contribution in [-0.4, -0.2) is 17.2 Å². The Labute approximate surface area is 156 Å². The standard InChI is InChI=1S/C21H34BrNO/c1-3-4-5-6-7-8-9-10-11-12-17-23-20-15-13-19(14-16-20)21(24)18(2)22/h13-16,18,23H,3-12,17H2,1-2H3. The van der Waals surface area contributed by atoms with Crippen LogP contribution in [-0.2, 0) is 0 Å². The average Bonchev–Trinajstić information content (AvgIpc) is 2.59. The molecule has 0 aliphatic carbocycles. The normalized spacial score (nSPS) is 12.1. The van der Waals surface area contributed by atoms with Crippen molar-refractivity contribution in [2.24, 2.45) is 0 Å². The van der Waals surface area contributed by atoms with E-state index in [1.54, 1.807) is 0 Å². The molecule has 0 aliphatic heterocycles. The van der Waals surface area contributed by atoms with E-state index in [4.69, 9.17) is 0 Å². The molecule has 1 aromatic rings. The zero-order valence-electron chi connectivity index (χ0n) is 15.5. The number of halogens is 1. The predicted octanol–water partition coefficient (Wildman–Crippen LogP) is 6.99. The van der Waals surface area contributed by atoms with Crippen molar-refractivity contribution < 1.29 is 4.79 Å². The molecule has 2 nitrogen and oxygen atoms in total. The number of rotatable bonds is 14. The molecule has 1 N–H and O–H groups in total. The van der Waals surface area contributed by atoms with Crippen molar-refractivity contribution in [3.05, 3.63) is 29.8 Å². The highest BCUT2D eigenvalue weighted by molar-refractivity contribution is 9.10. The molecule has 1 rings (SSSR count). The maximum atomic E-state index is 11.8. The molecule has 0 bridgehead atoms. The van der Waals surface area contributed by atoms with Crippen LogP contribution in [0.3, 0.4) is 0 Å². The van der Waals surface area contributed by atoms with Gasteiger partial charge in [-0.3, -0.25) is 4.79 Å². The first-order valence-electron chi connectivity index (χ1n) is 9.67. The summed E-state index contributed by atoms with van der Waals surface area (Å²) in [6.45, 7) is 5.14. The lowest BCUT2D eigenvalue weighted by atomic mass is 10.1. The smallest absolute Gasteiger partial charge is 0.176 e. The topological polar surface area (TPSA) is 29.1 Å². The molecule has 1 aromatic carbocycles. The van der Waals surface area contributed by atoms with E-state index in [1.165, 1.54) is 64.2 Å². The molecule has 0 heterocycles. The Morgan fingerprint density at radius 1 is 0.917 bits per heavy atom. The van der Waals surface area contributed by atoms with Crippen LogP contribution >= 0.6 is 15.9 Å². The van der Waals surface area contributed by atoms with E-state index >= 15 is 0 Å². The maximum absolute atomic E-state index is 11.8. The average molecular weight is 396 g/mol. The molecular formula is C21H34BrNO. The van der Waals surface area contributed by atoms with Crippen LogP contribution in [0.15, 0.2) is 24.3 Å². The lowest BCUT2D eigenvalue weighted by Gasteiger charge is -2.08. The molecule has 0 saturated heterocycles. The van der Waals surface area contributed by atoms with E-state index < -0.39 is 0 Å². The summed E-state index contributed by atoms with van der Waals surface area (Å²) in [7, 11) is 0. The molecule has 3 heteroatoms. The van der Waals surface area contributed by atoms with Crippen LogP contribution in [0.2, 0.25) is 0 Å². The monoisotopic (exact) mass is 395 g/mol. The number of hydrogen-bond donors (Lipinski definition) is 1. The lowest BCUT2D eigenvalue weighted by molar-refractivity contribution is 0.0996. The quantitative estimate of drug-likeness (QED) is 0.209. The number of anilines is 1. The minimum absolute atomic E-state index is 0.122. The summed E-state index contributed by atoms with van der Waals surface area (Å²) >= 11 is 3.32. The molecule has 0 spiro atoms. The maximum Gasteiger partial charge on any atom is 0.176 e. The van der Waals surface area contributed by atoms with Gasteiger partial charge < -0.3 is 5.32 Å². The predicted molar refractivity (Wildman–Crippen MR) is 109 cm³/mol. The highest BCUT2D eigenvalue weighted by atomic mass is 79.9. The Morgan fingerprint density at radius 2 is 1.42 bits per heavy atom. The summed E-state index contributed by atoms with van der Waals surface area (Å²) in [4.78, 5) is 11.7. The Morgan fingerprint density at radius 3 is 1.92 bits per heavy atom. The van der Waals surface area contributed by atoms with Crippen molar-refractivity contribution in [2.45, 2.75) is 82.9 Å². The third-order valence-corrected chi connectivity index (χ3v) is 4.81. The van der Waals surface area contributed by atoms with Crippen molar-refractivity contribution in [3.8, 4) is 0 Å². The van der Waals surface area contributed by atoms with E-state index in [0.29, 0.717) is 0 Å². The molecule has 0 radical (unpaired) electrons. The van der Waals surface area contributed by atoms with E-state index in [1.807, 2.05) is 31.2 Å². The van der Waals surface area contributed by atoms with E-state index in [9.17, 15) is 4.79 Å². The van der Waals surface area contributed by atoms with Crippen LogP contribution < -0.4 is 5.32 Å². The number of benzene rings is 1. The number of alkyl halides is 1. The highest BCUT2D eigenvalue weighted by Crippen LogP contribution is 2.15. The fourth-order valence-electron chi connectivity index (χ4n) is 2.83. The summed E-state index contributed by atoms with van der Waals surface area (Å²) in [6.07, 6.45) is 13.6. The van der Waals surface area contributed by atoms with Crippen LogP contribution in [0.25, 0.3) is 0 Å². The Bertz CT molecular complexity index is 442. The Hall–Kier alpha value is -0.830. The molecule has 0 aromatic heterocycles. The molecule has 0 fully saturated rings. The molecule has 0 saturated carbocycles. The second kappa shape index (κ2) is 13.5. The minimum atomic E-state index is -0.122. The second-order valence-corrected chi connectivity index (χ2v) is 8.04. The zero-order valence-corrected chi connectivity index (χ0v) is 17.0. The van der Waals surface area contributed by atoms with Gasteiger partial charge in [-0.25, -0.2) is 0 Å². The molecule has 0 aliphatic rings. The largest absolute Gasteiger partial charge is 0.385 e. The van der Waals surface area contributed by atoms with Gasteiger partial charge in [0.25, 0.3) is 0 Å². The van der Waals surface area contributed by atoms with Crippen molar-refractivity contribution in [2.75, 3.05) is 11.9 Å². The molecule has 136 valence electrons. The third-order valence-electron chi connectivity index (χ3n) is 4.39. The number of ketones is 1. The molecule has 0 amide bonds. The van der Waals surface area contributed by atoms with Crippen LogP contribution in [0, 0.1) is 0 Å². The SMILES string of the molecule is CCCCCCCCCCCCNc1ccc(C(=O)C(C)Br)cc1. The Kier molecular flexibility index (Phi) is 11.9. The highest BCUT2D eigenvalue weighted by Gasteiger charge is 2.10. The van der Waals surface area contributed by atoms with Gasteiger partial charge in [-0.2, -0.15) is 0 Å². The van der Waals surface area contributed by atoms with E-state index in [2.05, 4.69) is 28.2 Å². The lowest BCUT2D eigenvalue weighted by Crippen LogP contribution is -2.10. The molecule has 1 atom stereocenters. The first-order valence-corrected chi connectivity index (χ1v) is 10.6. The number of carbonyl (C=O) groups excluding carboxylic acids is 1. The van der Waals surface area contributed by atoms with Gasteiger partial charge in [0.15, 0.2) is 5.78 Å². The van der Waals surface area contributed by atoms with Gasteiger partial charge in [-0.15, -0.1) is 0 Å². The van der Waals surface area contributed by atoms with Gasteiger partial charge in [0.05, 0.1) is 4.83 Å². The number of unbranched alkanes of at least 4 members (excludes halogenated alkanes) is 9. The van der Waals surface area contributed by atoms with Gasteiger partial charge in [0, 0.05) is 17.8 Å². The van der Waals surface area contributed by atoms with Gasteiger partial charge in [-0.05, 0) is 37.6 Å². The van der Waals surface area contributed by atoms with Gasteiger partial charge in [0.1, 0.15) is 0 Å².